The predicted molar refractivity (Wildman–Crippen MR) is 86.9 cm³/mol. The molecule has 1 aromatic carbocycles. The van der Waals surface area contributed by atoms with E-state index in [1.165, 1.54) is 0 Å². The van der Waals surface area contributed by atoms with Crippen LogP contribution in [-0.2, 0) is 4.79 Å². The second kappa shape index (κ2) is 6.27. The van der Waals surface area contributed by atoms with Crippen LogP contribution in [0.2, 0.25) is 0 Å². The van der Waals surface area contributed by atoms with Gasteiger partial charge in [0.15, 0.2) is 0 Å². The number of piperazine rings is 1. The quantitative estimate of drug-likeness (QED) is 0.840. The highest BCUT2D eigenvalue weighted by Crippen LogP contribution is 2.21. The van der Waals surface area contributed by atoms with Gasteiger partial charge in [0.05, 0.1) is 12.1 Å². The highest BCUT2D eigenvalue weighted by Gasteiger charge is 2.21. The number of aromatic nitrogens is 2. The smallest absolute Gasteiger partial charge is 0.236 e. The molecular formula is C16H21N5O. The standard InChI is InChI=1S/C16H21N5O/c1-19(2)11-16(22)21-7-5-20(6-8-21)14-4-3-13-10-17-12-18-15(13)9-14/h3-4,9-10,12H,5-8,11H2,1-2H3. The van der Waals surface area contributed by atoms with Crippen LogP contribution >= 0.6 is 0 Å². The van der Waals surface area contributed by atoms with Gasteiger partial charge in [-0.1, -0.05) is 0 Å². The van der Waals surface area contributed by atoms with Gasteiger partial charge in [-0.2, -0.15) is 0 Å². The van der Waals surface area contributed by atoms with Crippen molar-refractivity contribution in [2.75, 3.05) is 51.7 Å². The van der Waals surface area contributed by atoms with Gasteiger partial charge in [-0.05, 0) is 32.3 Å². The van der Waals surface area contributed by atoms with Gasteiger partial charge in [-0.25, -0.2) is 9.97 Å². The Morgan fingerprint density at radius 3 is 2.73 bits per heavy atom. The topological polar surface area (TPSA) is 52.6 Å². The Morgan fingerprint density at radius 1 is 1.23 bits per heavy atom. The SMILES string of the molecule is CN(C)CC(=O)N1CCN(c2ccc3cncnc3c2)CC1. The minimum Gasteiger partial charge on any atom is -0.368 e. The Balaban J connectivity index is 1.66. The maximum absolute atomic E-state index is 12.1. The Morgan fingerprint density at radius 2 is 2.00 bits per heavy atom. The molecule has 0 spiro atoms. The van der Waals surface area contributed by atoms with Gasteiger partial charge in [-0.15, -0.1) is 0 Å². The Labute approximate surface area is 130 Å². The fourth-order valence-electron chi connectivity index (χ4n) is 2.74. The van der Waals surface area contributed by atoms with E-state index < -0.39 is 0 Å². The van der Waals surface area contributed by atoms with Crippen molar-refractivity contribution >= 4 is 22.5 Å². The molecule has 1 aliphatic heterocycles. The summed E-state index contributed by atoms with van der Waals surface area (Å²) in [6, 6.07) is 6.24. The molecule has 1 amide bonds. The summed E-state index contributed by atoms with van der Waals surface area (Å²) in [5.74, 6) is 0.205. The van der Waals surface area contributed by atoms with Crippen molar-refractivity contribution in [2.24, 2.45) is 0 Å². The molecule has 1 aromatic heterocycles. The number of rotatable bonds is 3. The molecule has 3 rings (SSSR count). The second-order valence-corrected chi connectivity index (χ2v) is 5.87. The molecule has 1 aliphatic rings. The lowest BCUT2D eigenvalue weighted by Gasteiger charge is -2.36. The van der Waals surface area contributed by atoms with E-state index in [1.807, 2.05) is 36.2 Å². The van der Waals surface area contributed by atoms with E-state index in [9.17, 15) is 4.79 Å². The molecule has 1 saturated heterocycles. The van der Waals surface area contributed by atoms with E-state index in [-0.39, 0.29) is 5.91 Å². The first kappa shape index (κ1) is 14.7. The van der Waals surface area contributed by atoms with Crippen molar-refractivity contribution in [3.05, 3.63) is 30.7 Å². The van der Waals surface area contributed by atoms with Gasteiger partial charge >= 0.3 is 0 Å². The first-order valence-electron chi connectivity index (χ1n) is 7.51. The molecule has 2 aromatic rings. The van der Waals surface area contributed by atoms with Gasteiger partial charge in [0.1, 0.15) is 6.33 Å². The third kappa shape index (κ3) is 3.17. The number of fused-ring (bicyclic) bond motifs is 1. The number of hydrogen-bond donors (Lipinski definition) is 0. The third-order valence-corrected chi connectivity index (χ3v) is 3.94. The summed E-state index contributed by atoms with van der Waals surface area (Å²) in [5, 5.41) is 1.05. The summed E-state index contributed by atoms with van der Waals surface area (Å²) in [6.45, 7) is 3.74. The number of benzene rings is 1. The summed E-state index contributed by atoms with van der Waals surface area (Å²) in [5.41, 5.74) is 2.12. The van der Waals surface area contributed by atoms with Crippen LogP contribution in [0.1, 0.15) is 0 Å². The molecule has 0 N–H and O–H groups in total. The first-order chi connectivity index (χ1) is 10.6. The summed E-state index contributed by atoms with van der Waals surface area (Å²) in [4.78, 5) is 26.6. The van der Waals surface area contributed by atoms with E-state index in [4.69, 9.17) is 0 Å². The van der Waals surface area contributed by atoms with Gasteiger partial charge in [0.2, 0.25) is 5.91 Å². The van der Waals surface area contributed by atoms with Crippen molar-refractivity contribution in [3.8, 4) is 0 Å². The van der Waals surface area contributed by atoms with Gasteiger partial charge in [-0.3, -0.25) is 4.79 Å². The van der Waals surface area contributed by atoms with Crippen molar-refractivity contribution in [2.45, 2.75) is 0 Å². The third-order valence-electron chi connectivity index (χ3n) is 3.94. The van der Waals surface area contributed by atoms with Crippen molar-refractivity contribution in [1.29, 1.82) is 0 Å². The molecule has 2 heterocycles. The largest absolute Gasteiger partial charge is 0.368 e. The van der Waals surface area contributed by atoms with Crippen LogP contribution in [0.5, 0.6) is 0 Å². The number of carbonyl (C=O) groups excluding carboxylic acids is 1. The van der Waals surface area contributed by atoms with Crippen LogP contribution in [0.4, 0.5) is 5.69 Å². The maximum Gasteiger partial charge on any atom is 0.236 e. The first-order valence-corrected chi connectivity index (χ1v) is 7.51. The number of anilines is 1. The molecule has 0 bridgehead atoms. The van der Waals surface area contributed by atoms with Crippen molar-refractivity contribution in [1.82, 2.24) is 19.8 Å². The summed E-state index contributed by atoms with van der Waals surface area (Å²) in [6.07, 6.45) is 3.40. The van der Waals surface area contributed by atoms with E-state index in [1.54, 1.807) is 6.33 Å². The average Bonchev–Trinajstić information content (AvgIpc) is 2.54. The number of nitrogens with zero attached hydrogens (tertiary/aromatic N) is 5. The lowest BCUT2D eigenvalue weighted by atomic mass is 10.2. The monoisotopic (exact) mass is 299 g/mol. The molecular weight excluding hydrogens is 278 g/mol. The fraction of sp³-hybridized carbons (Fsp3) is 0.438. The molecule has 0 saturated carbocycles. The van der Waals surface area contributed by atoms with Gasteiger partial charge in [0.25, 0.3) is 0 Å². The Hall–Kier alpha value is -2.21. The minimum atomic E-state index is 0.205. The zero-order valence-electron chi connectivity index (χ0n) is 13.1. The van der Waals surface area contributed by atoms with Crippen LogP contribution in [-0.4, -0.2) is 72.5 Å². The normalized spacial score (nSPS) is 15.6. The molecule has 0 atom stereocenters. The van der Waals surface area contributed by atoms with Gasteiger partial charge < -0.3 is 14.7 Å². The summed E-state index contributed by atoms with van der Waals surface area (Å²) < 4.78 is 0. The fourth-order valence-corrected chi connectivity index (χ4v) is 2.74. The summed E-state index contributed by atoms with van der Waals surface area (Å²) in [7, 11) is 3.84. The molecule has 0 unspecified atom stereocenters. The highest BCUT2D eigenvalue weighted by molar-refractivity contribution is 5.82. The summed E-state index contributed by atoms with van der Waals surface area (Å²) >= 11 is 0. The Kier molecular flexibility index (Phi) is 4.20. The Bertz CT molecular complexity index is 664. The van der Waals surface area contributed by atoms with Crippen LogP contribution in [0.15, 0.2) is 30.7 Å². The van der Waals surface area contributed by atoms with Crippen LogP contribution in [0.25, 0.3) is 10.9 Å². The van der Waals surface area contributed by atoms with Crippen LogP contribution in [0, 0.1) is 0 Å². The number of likely N-dealkylation sites (N-methyl/N-ethyl adjacent to an activating group) is 1. The van der Waals surface area contributed by atoms with E-state index >= 15 is 0 Å². The minimum absolute atomic E-state index is 0.205. The number of carbonyl (C=O) groups is 1. The molecule has 6 heteroatoms. The maximum atomic E-state index is 12.1. The highest BCUT2D eigenvalue weighted by atomic mass is 16.2. The van der Waals surface area contributed by atoms with Crippen LogP contribution < -0.4 is 4.90 Å². The van der Waals surface area contributed by atoms with E-state index in [2.05, 4.69) is 27.0 Å². The zero-order chi connectivity index (χ0) is 15.5. The van der Waals surface area contributed by atoms with E-state index in [0.717, 1.165) is 42.8 Å². The molecule has 22 heavy (non-hydrogen) atoms. The van der Waals surface area contributed by atoms with Crippen molar-refractivity contribution in [3.63, 3.8) is 0 Å². The second-order valence-electron chi connectivity index (χ2n) is 5.87. The molecule has 116 valence electrons. The average molecular weight is 299 g/mol. The lowest BCUT2D eigenvalue weighted by molar-refractivity contribution is -0.132. The molecule has 6 nitrogen and oxygen atoms in total. The zero-order valence-corrected chi connectivity index (χ0v) is 13.1. The lowest BCUT2D eigenvalue weighted by Crippen LogP contribution is -2.50. The molecule has 1 fully saturated rings. The van der Waals surface area contributed by atoms with Crippen molar-refractivity contribution < 1.29 is 4.79 Å². The number of amides is 1. The van der Waals surface area contributed by atoms with Crippen LogP contribution in [0.3, 0.4) is 0 Å². The van der Waals surface area contributed by atoms with E-state index in [0.29, 0.717) is 6.54 Å². The molecule has 0 radical (unpaired) electrons. The predicted octanol–water partition coefficient (Wildman–Crippen LogP) is 0.840. The van der Waals surface area contributed by atoms with Gasteiger partial charge in [0, 0.05) is 43.4 Å². The molecule has 0 aliphatic carbocycles. The number of hydrogen-bond acceptors (Lipinski definition) is 5.